The number of nitrogens with zero attached hydrogens (tertiary/aromatic N) is 5. The molecule has 3 aliphatic heterocycles. The lowest BCUT2D eigenvalue weighted by Gasteiger charge is -2.49. The van der Waals surface area contributed by atoms with Gasteiger partial charge in [-0.25, -0.2) is 0 Å². The third kappa shape index (κ3) is 4.97. The van der Waals surface area contributed by atoms with Gasteiger partial charge in [0.1, 0.15) is 0 Å². The van der Waals surface area contributed by atoms with Crippen LogP contribution in [0.4, 0.5) is 11.4 Å². The lowest BCUT2D eigenvalue weighted by Crippen LogP contribution is -2.62. The number of nitrogens with one attached hydrogen (secondary N) is 1. The number of nitro benzene ring substituents is 1. The molecule has 2 saturated heterocycles. The van der Waals surface area contributed by atoms with Gasteiger partial charge < -0.3 is 15.1 Å². The summed E-state index contributed by atoms with van der Waals surface area (Å²) in [5.74, 6) is -0.340. The van der Waals surface area contributed by atoms with Crippen molar-refractivity contribution < 1.29 is 14.5 Å². The molecular weight excluding hydrogens is 448 g/mol. The number of nitro groups is 1. The predicted octanol–water partition coefficient (Wildman–Crippen LogP) is 1.59. The molecule has 0 saturated carbocycles. The topological polar surface area (TPSA) is 112 Å². The quantitative estimate of drug-likeness (QED) is 0.496. The highest BCUT2D eigenvalue weighted by atomic mass is 16.6. The van der Waals surface area contributed by atoms with Crippen molar-refractivity contribution in [3.8, 4) is 0 Å². The Hall–Kier alpha value is -3.53. The first-order valence-corrected chi connectivity index (χ1v) is 12.2. The van der Waals surface area contributed by atoms with Crippen molar-refractivity contribution in [2.24, 2.45) is 5.92 Å². The Labute approximate surface area is 204 Å². The molecular formula is C25H30N6O4. The number of hydrogen-bond acceptors (Lipinski definition) is 7. The highest BCUT2D eigenvalue weighted by Gasteiger charge is 2.42. The van der Waals surface area contributed by atoms with Crippen LogP contribution >= 0.6 is 0 Å². The summed E-state index contributed by atoms with van der Waals surface area (Å²) >= 11 is 0. The molecule has 0 bridgehead atoms. The Morgan fingerprint density at radius 3 is 2.69 bits per heavy atom. The normalized spacial score (nSPS) is 21.8. The molecule has 0 spiro atoms. The Balaban J connectivity index is 1.36. The maximum atomic E-state index is 13.4. The molecule has 1 aromatic carbocycles. The lowest BCUT2D eigenvalue weighted by atomic mass is 9.83. The first-order valence-electron chi connectivity index (χ1n) is 12.2. The van der Waals surface area contributed by atoms with Crippen molar-refractivity contribution >= 4 is 23.2 Å². The monoisotopic (exact) mass is 478 g/mol. The van der Waals surface area contributed by atoms with Crippen LogP contribution in [-0.2, 0) is 22.6 Å². The predicted molar refractivity (Wildman–Crippen MR) is 130 cm³/mol. The van der Waals surface area contributed by atoms with E-state index in [1.807, 2.05) is 23.1 Å². The average molecular weight is 479 g/mol. The second-order valence-corrected chi connectivity index (χ2v) is 9.50. The molecule has 2 atom stereocenters. The Morgan fingerprint density at radius 1 is 1.11 bits per heavy atom. The van der Waals surface area contributed by atoms with Crippen LogP contribution in [0.5, 0.6) is 0 Å². The second kappa shape index (κ2) is 9.99. The number of carbonyl (C=O) groups is 2. The summed E-state index contributed by atoms with van der Waals surface area (Å²) in [5, 5.41) is 14.4. The summed E-state index contributed by atoms with van der Waals surface area (Å²) < 4.78 is 0. The highest BCUT2D eigenvalue weighted by molar-refractivity contribution is 5.82. The molecule has 1 N–H and O–H groups in total. The standard InChI is InChI=1S/C25H30N6O4/c32-24(29-9-3-4-10-29)17-28-11-12-30-22-7-6-20(31(34)35)13-18(22)14-21(23(30)16-28)25(33)27-15-19-5-1-2-8-26-19/h1-2,5-8,13,21,23H,3-4,9-12,14-17H2,(H,27,33)/t21-,23+/m1/s1. The number of likely N-dealkylation sites (tertiary alicyclic amines) is 1. The van der Waals surface area contributed by atoms with Crippen molar-refractivity contribution in [2.45, 2.75) is 31.8 Å². The highest BCUT2D eigenvalue weighted by Crippen LogP contribution is 2.38. The van der Waals surface area contributed by atoms with E-state index in [1.165, 1.54) is 6.07 Å². The third-order valence-electron chi connectivity index (χ3n) is 7.31. The number of benzene rings is 1. The first kappa shape index (κ1) is 23.2. The maximum absolute atomic E-state index is 13.4. The van der Waals surface area contributed by atoms with Crippen LogP contribution in [0.2, 0.25) is 0 Å². The summed E-state index contributed by atoms with van der Waals surface area (Å²) in [6, 6.07) is 10.4. The molecule has 4 heterocycles. The summed E-state index contributed by atoms with van der Waals surface area (Å²) in [4.78, 5) is 47.7. The van der Waals surface area contributed by atoms with Gasteiger partial charge in [-0.3, -0.25) is 29.6 Å². The van der Waals surface area contributed by atoms with Gasteiger partial charge in [0.15, 0.2) is 0 Å². The number of rotatable bonds is 6. The van der Waals surface area contributed by atoms with Gasteiger partial charge in [-0.1, -0.05) is 6.07 Å². The number of pyridine rings is 1. The number of hydrogen-bond donors (Lipinski definition) is 1. The molecule has 184 valence electrons. The van der Waals surface area contributed by atoms with E-state index in [4.69, 9.17) is 0 Å². The van der Waals surface area contributed by atoms with E-state index in [9.17, 15) is 19.7 Å². The first-order chi connectivity index (χ1) is 17.0. The number of amides is 2. The van der Waals surface area contributed by atoms with Gasteiger partial charge in [-0.05, 0) is 43.0 Å². The van der Waals surface area contributed by atoms with Crippen LogP contribution in [0.25, 0.3) is 0 Å². The van der Waals surface area contributed by atoms with E-state index in [2.05, 4.69) is 20.1 Å². The van der Waals surface area contributed by atoms with Gasteiger partial charge in [0.2, 0.25) is 11.8 Å². The second-order valence-electron chi connectivity index (χ2n) is 9.50. The van der Waals surface area contributed by atoms with Gasteiger partial charge in [0, 0.05) is 56.7 Å². The zero-order chi connectivity index (χ0) is 24.4. The maximum Gasteiger partial charge on any atom is 0.269 e. The molecule has 2 fully saturated rings. The van der Waals surface area contributed by atoms with Crippen LogP contribution in [0.1, 0.15) is 24.1 Å². The molecule has 1 aromatic heterocycles. The van der Waals surface area contributed by atoms with Crippen molar-refractivity contribution in [1.29, 1.82) is 0 Å². The molecule has 5 rings (SSSR count). The molecule has 0 radical (unpaired) electrons. The average Bonchev–Trinajstić information content (AvgIpc) is 3.42. The van der Waals surface area contributed by atoms with E-state index in [0.717, 1.165) is 42.9 Å². The van der Waals surface area contributed by atoms with Crippen LogP contribution < -0.4 is 10.2 Å². The van der Waals surface area contributed by atoms with Crippen molar-refractivity contribution in [3.63, 3.8) is 0 Å². The lowest BCUT2D eigenvalue weighted by molar-refractivity contribution is -0.384. The number of fused-ring (bicyclic) bond motifs is 3. The summed E-state index contributed by atoms with van der Waals surface area (Å²) in [7, 11) is 0. The van der Waals surface area contributed by atoms with Gasteiger partial charge in [-0.15, -0.1) is 0 Å². The Bertz CT molecular complexity index is 1100. The minimum Gasteiger partial charge on any atom is -0.365 e. The van der Waals surface area contributed by atoms with Gasteiger partial charge >= 0.3 is 0 Å². The van der Waals surface area contributed by atoms with Crippen LogP contribution in [-0.4, -0.2) is 76.8 Å². The minimum atomic E-state index is -0.398. The van der Waals surface area contributed by atoms with Crippen molar-refractivity contribution in [2.75, 3.05) is 44.2 Å². The molecule has 10 heteroatoms. The smallest absolute Gasteiger partial charge is 0.269 e. The number of non-ortho nitro benzene ring substituents is 1. The van der Waals surface area contributed by atoms with Crippen molar-refractivity contribution in [3.05, 3.63) is 64.0 Å². The molecule has 3 aliphatic rings. The van der Waals surface area contributed by atoms with Gasteiger partial charge in [-0.2, -0.15) is 0 Å². The van der Waals surface area contributed by atoms with Crippen LogP contribution in [0.15, 0.2) is 42.6 Å². The fourth-order valence-electron chi connectivity index (χ4n) is 5.50. The van der Waals surface area contributed by atoms with Crippen molar-refractivity contribution in [1.82, 2.24) is 20.1 Å². The van der Waals surface area contributed by atoms with Gasteiger partial charge in [0.05, 0.1) is 35.7 Å². The van der Waals surface area contributed by atoms with E-state index < -0.39 is 10.8 Å². The fraction of sp³-hybridized carbons (Fsp3) is 0.480. The Morgan fingerprint density at radius 2 is 1.94 bits per heavy atom. The van der Waals surface area contributed by atoms with Crippen LogP contribution in [0, 0.1) is 16.0 Å². The molecule has 2 amide bonds. The number of aromatic nitrogens is 1. The number of piperazine rings is 1. The van der Waals surface area contributed by atoms with E-state index >= 15 is 0 Å². The molecule has 2 aromatic rings. The molecule has 35 heavy (non-hydrogen) atoms. The number of anilines is 1. The largest absolute Gasteiger partial charge is 0.365 e. The minimum absolute atomic E-state index is 0.0321. The summed E-state index contributed by atoms with van der Waals surface area (Å²) in [5.41, 5.74) is 2.56. The van der Waals surface area contributed by atoms with Gasteiger partial charge in [0.25, 0.3) is 5.69 Å². The van der Waals surface area contributed by atoms with E-state index in [-0.39, 0.29) is 23.5 Å². The zero-order valence-electron chi connectivity index (χ0n) is 19.6. The SMILES string of the molecule is O=C(NCc1ccccn1)[C@@H]1Cc2cc([N+](=O)[O-])ccc2N2CCN(CC(=O)N3CCCC3)C[C@@H]12. The Kier molecular flexibility index (Phi) is 6.63. The van der Waals surface area contributed by atoms with E-state index in [0.29, 0.717) is 39.1 Å². The molecule has 10 nitrogen and oxygen atoms in total. The zero-order valence-corrected chi connectivity index (χ0v) is 19.6. The van der Waals surface area contributed by atoms with Crippen LogP contribution in [0.3, 0.4) is 0 Å². The third-order valence-corrected chi connectivity index (χ3v) is 7.31. The molecule has 0 unspecified atom stereocenters. The summed E-state index contributed by atoms with van der Waals surface area (Å²) in [6.45, 7) is 4.29. The van der Waals surface area contributed by atoms with E-state index in [1.54, 1.807) is 18.3 Å². The molecule has 0 aliphatic carbocycles. The summed E-state index contributed by atoms with van der Waals surface area (Å²) in [6.07, 6.45) is 4.23. The number of carbonyl (C=O) groups excluding carboxylic acids is 2. The fourth-order valence-corrected chi connectivity index (χ4v) is 5.50.